The lowest BCUT2D eigenvalue weighted by Crippen LogP contribution is -2.19. The number of carboxylic acids is 1. The summed E-state index contributed by atoms with van der Waals surface area (Å²) in [5, 5.41) is 11.7. The van der Waals surface area contributed by atoms with E-state index in [0.29, 0.717) is 6.54 Å². The summed E-state index contributed by atoms with van der Waals surface area (Å²) in [6.07, 6.45) is 5.45. The van der Waals surface area contributed by atoms with Crippen molar-refractivity contribution in [1.29, 1.82) is 0 Å². The fourth-order valence-corrected chi connectivity index (χ4v) is 2.76. The van der Waals surface area contributed by atoms with Crippen molar-refractivity contribution in [3.8, 4) is 5.75 Å². The molecule has 4 nitrogen and oxygen atoms in total. The summed E-state index contributed by atoms with van der Waals surface area (Å²) >= 11 is 0. The third-order valence-electron chi connectivity index (χ3n) is 4.23. The van der Waals surface area contributed by atoms with Crippen molar-refractivity contribution in [3.63, 3.8) is 0 Å². The van der Waals surface area contributed by atoms with Gasteiger partial charge in [-0.1, -0.05) is 42.5 Å². The van der Waals surface area contributed by atoms with Gasteiger partial charge in [0.05, 0.1) is 13.0 Å². The molecule has 0 atom stereocenters. The number of ether oxygens (including phenoxy) is 1. The van der Waals surface area contributed by atoms with E-state index < -0.39 is 5.97 Å². The van der Waals surface area contributed by atoms with Crippen LogP contribution in [0.3, 0.4) is 0 Å². The largest absolute Gasteiger partial charge is 0.494 e. The van der Waals surface area contributed by atoms with Gasteiger partial charge in [-0.3, -0.25) is 4.79 Å². The molecule has 0 spiro atoms. The first-order valence-corrected chi connectivity index (χ1v) is 9.42. The normalized spacial score (nSPS) is 10.6. The van der Waals surface area contributed by atoms with Gasteiger partial charge in [0.2, 0.25) is 0 Å². The van der Waals surface area contributed by atoms with Crippen LogP contribution in [0.15, 0.2) is 54.6 Å². The van der Waals surface area contributed by atoms with E-state index in [1.807, 2.05) is 18.2 Å². The van der Waals surface area contributed by atoms with E-state index in [-0.39, 0.29) is 6.42 Å². The highest BCUT2D eigenvalue weighted by Gasteiger charge is 1.99. The fraction of sp³-hybridized carbons (Fsp3) is 0.409. The molecule has 0 aromatic heterocycles. The lowest BCUT2D eigenvalue weighted by atomic mass is 10.1. The second-order valence-corrected chi connectivity index (χ2v) is 6.43. The van der Waals surface area contributed by atoms with Gasteiger partial charge in [-0.05, 0) is 61.9 Å². The van der Waals surface area contributed by atoms with Crippen molar-refractivity contribution in [2.75, 3.05) is 19.7 Å². The molecule has 0 aliphatic carbocycles. The predicted molar refractivity (Wildman–Crippen MR) is 105 cm³/mol. The van der Waals surface area contributed by atoms with Crippen LogP contribution in [0.1, 0.15) is 36.8 Å². The molecule has 0 heterocycles. The number of unbranched alkanes of at least 4 members (excludes halogenated alkanes) is 1. The second-order valence-electron chi connectivity index (χ2n) is 6.43. The summed E-state index contributed by atoms with van der Waals surface area (Å²) in [6, 6.07) is 18.8. The molecule has 2 N–H and O–H groups in total. The van der Waals surface area contributed by atoms with Crippen LogP contribution in [0.2, 0.25) is 0 Å². The Balaban J connectivity index is 1.53. The maximum atomic E-state index is 10.4. The number of carboxylic acid groups (broad SMARTS) is 1. The lowest BCUT2D eigenvalue weighted by Gasteiger charge is -2.08. The molecule has 0 bridgehead atoms. The van der Waals surface area contributed by atoms with Gasteiger partial charge >= 0.3 is 5.97 Å². The highest BCUT2D eigenvalue weighted by Crippen LogP contribution is 2.14. The van der Waals surface area contributed by atoms with Crippen LogP contribution < -0.4 is 10.1 Å². The molecule has 0 aliphatic heterocycles. The Morgan fingerprint density at radius 2 is 1.54 bits per heavy atom. The van der Waals surface area contributed by atoms with Crippen LogP contribution in [0.5, 0.6) is 5.75 Å². The number of aliphatic carboxylic acids is 1. The zero-order valence-corrected chi connectivity index (χ0v) is 15.3. The summed E-state index contributed by atoms with van der Waals surface area (Å²) in [7, 11) is 0. The summed E-state index contributed by atoms with van der Waals surface area (Å²) in [5.74, 6) is 0.168. The van der Waals surface area contributed by atoms with Gasteiger partial charge in [0, 0.05) is 6.54 Å². The molecule has 2 rings (SSSR count). The topological polar surface area (TPSA) is 58.6 Å². The van der Waals surface area contributed by atoms with Gasteiger partial charge in [-0.2, -0.15) is 0 Å². The zero-order valence-electron chi connectivity index (χ0n) is 15.3. The Hall–Kier alpha value is -2.33. The SMILES string of the molecule is O=C(O)CCNCCCc1ccc(OCCCCc2ccccc2)cc1. The maximum absolute atomic E-state index is 10.4. The van der Waals surface area contributed by atoms with E-state index in [9.17, 15) is 4.79 Å². The third kappa shape index (κ3) is 8.67. The number of aryl methyl sites for hydroxylation is 2. The molecule has 4 heteroatoms. The first-order chi connectivity index (χ1) is 12.7. The predicted octanol–water partition coefficient (Wildman–Crippen LogP) is 4.09. The number of hydrogen-bond donors (Lipinski definition) is 2. The molecule has 0 saturated heterocycles. The first-order valence-electron chi connectivity index (χ1n) is 9.42. The zero-order chi connectivity index (χ0) is 18.5. The molecule has 0 unspecified atom stereocenters. The second kappa shape index (κ2) is 12.1. The first kappa shape index (κ1) is 20.0. The van der Waals surface area contributed by atoms with E-state index in [1.54, 1.807) is 0 Å². The molecule has 0 saturated carbocycles. The summed E-state index contributed by atoms with van der Waals surface area (Å²) in [4.78, 5) is 10.4. The van der Waals surface area contributed by atoms with Crippen molar-refractivity contribution in [2.45, 2.75) is 38.5 Å². The molecule has 140 valence electrons. The molecule has 0 radical (unpaired) electrons. The monoisotopic (exact) mass is 355 g/mol. The van der Waals surface area contributed by atoms with Crippen LogP contribution in [-0.4, -0.2) is 30.8 Å². The van der Waals surface area contributed by atoms with Crippen molar-refractivity contribution in [2.24, 2.45) is 0 Å². The molecular weight excluding hydrogens is 326 g/mol. The Kier molecular flexibility index (Phi) is 9.30. The maximum Gasteiger partial charge on any atom is 0.304 e. The van der Waals surface area contributed by atoms with Crippen molar-refractivity contribution < 1.29 is 14.6 Å². The Morgan fingerprint density at radius 1 is 0.846 bits per heavy atom. The van der Waals surface area contributed by atoms with E-state index in [0.717, 1.165) is 51.0 Å². The van der Waals surface area contributed by atoms with Crippen molar-refractivity contribution >= 4 is 5.97 Å². The van der Waals surface area contributed by atoms with Gasteiger partial charge in [0.15, 0.2) is 0 Å². The van der Waals surface area contributed by atoms with Gasteiger partial charge in [-0.15, -0.1) is 0 Å². The molecule has 2 aromatic rings. The molecule has 0 aliphatic rings. The van der Waals surface area contributed by atoms with Crippen LogP contribution in [-0.2, 0) is 17.6 Å². The van der Waals surface area contributed by atoms with E-state index in [4.69, 9.17) is 9.84 Å². The number of carbonyl (C=O) groups is 1. The van der Waals surface area contributed by atoms with Crippen LogP contribution in [0, 0.1) is 0 Å². The minimum absolute atomic E-state index is 0.178. The standard InChI is InChI=1S/C22H29NO3/c24-22(25)15-17-23-16-6-10-20-11-13-21(14-12-20)26-18-5-4-9-19-7-2-1-3-8-19/h1-3,7-8,11-14,23H,4-6,9-10,15-18H2,(H,24,25). The molecule has 2 aromatic carbocycles. The average molecular weight is 355 g/mol. The smallest absolute Gasteiger partial charge is 0.304 e. The lowest BCUT2D eigenvalue weighted by molar-refractivity contribution is -0.136. The van der Waals surface area contributed by atoms with Gasteiger partial charge in [0.25, 0.3) is 0 Å². The number of hydrogen-bond acceptors (Lipinski definition) is 3. The molecule has 26 heavy (non-hydrogen) atoms. The number of nitrogens with one attached hydrogen (secondary N) is 1. The summed E-state index contributed by atoms with van der Waals surface area (Å²) in [5.41, 5.74) is 2.66. The quantitative estimate of drug-likeness (QED) is 0.532. The number of benzene rings is 2. The van der Waals surface area contributed by atoms with Gasteiger partial charge < -0.3 is 15.2 Å². The fourth-order valence-electron chi connectivity index (χ4n) is 2.76. The summed E-state index contributed by atoms with van der Waals surface area (Å²) in [6.45, 7) is 2.12. The van der Waals surface area contributed by atoms with Gasteiger partial charge in [0.1, 0.15) is 5.75 Å². The Morgan fingerprint density at radius 3 is 2.27 bits per heavy atom. The van der Waals surface area contributed by atoms with Crippen molar-refractivity contribution in [3.05, 3.63) is 65.7 Å². The molecule has 0 amide bonds. The van der Waals surface area contributed by atoms with Gasteiger partial charge in [-0.25, -0.2) is 0 Å². The highest BCUT2D eigenvalue weighted by atomic mass is 16.5. The number of rotatable bonds is 13. The third-order valence-corrected chi connectivity index (χ3v) is 4.23. The molecule has 0 fully saturated rings. The van der Waals surface area contributed by atoms with Crippen molar-refractivity contribution in [1.82, 2.24) is 5.32 Å². The highest BCUT2D eigenvalue weighted by molar-refractivity contribution is 5.66. The van der Waals surface area contributed by atoms with E-state index in [2.05, 4.69) is 41.7 Å². The minimum atomic E-state index is -0.756. The van der Waals surface area contributed by atoms with Crippen LogP contribution >= 0.6 is 0 Å². The molecular formula is C22H29NO3. The Bertz CT molecular complexity index is 626. The van der Waals surface area contributed by atoms with E-state index >= 15 is 0 Å². The van der Waals surface area contributed by atoms with Crippen LogP contribution in [0.4, 0.5) is 0 Å². The minimum Gasteiger partial charge on any atom is -0.494 e. The summed E-state index contributed by atoms with van der Waals surface area (Å²) < 4.78 is 5.81. The van der Waals surface area contributed by atoms with E-state index in [1.165, 1.54) is 11.1 Å². The Labute approximate surface area is 156 Å². The van der Waals surface area contributed by atoms with Crippen LogP contribution in [0.25, 0.3) is 0 Å². The average Bonchev–Trinajstić information content (AvgIpc) is 2.66.